The smallest absolute Gasteiger partial charge is 0.382 e. The number of nitrogens with one attached hydrogen (secondary N) is 2. The lowest BCUT2D eigenvalue weighted by molar-refractivity contribution is -0.136. The zero-order valence-electron chi connectivity index (χ0n) is 13.7. The number of amides is 1. The first kappa shape index (κ1) is 18.5. The first-order valence-electron chi connectivity index (χ1n) is 8.23. The van der Waals surface area contributed by atoms with E-state index in [2.05, 4.69) is 15.6 Å². The third kappa shape index (κ3) is 4.46. The summed E-state index contributed by atoms with van der Waals surface area (Å²) in [6.45, 7) is 0. The van der Waals surface area contributed by atoms with Crippen molar-refractivity contribution in [1.29, 1.82) is 0 Å². The molecule has 0 atom stereocenters. The Morgan fingerprint density at radius 1 is 1.15 bits per heavy atom. The molecule has 0 radical (unpaired) electrons. The number of carbonyl (C=O) groups is 1. The molecule has 2 aromatic rings. The van der Waals surface area contributed by atoms with Crippen LogP contribution < -0.4 is 10.6 Å². The molecule has 0 spiro atoms. The second-order valence-corrected chi connectivity index (χ2v) is 6.63. The van der Waals surface area contributed by atoms with E-state index in [0.717, 1.165) is 43.5 Å². The predicted octanol–water partition coefficient (Wildman–Crippen LogP) is 5.36. The van der Waals surface area contributed by atoms with Crippen LogP contribution in [0.5, 0.6) is 0 Å². The van der Waals surface area contributed by atoms with E-state index in [1.54, 1.807) is 6.07 Å². The molecule has 1 saturated carbocycles. The van der Waals surface area contributed by atoms with E-state index in [0.29, 0.717) is 6.04 Å². The lowest BCUT2D eigenvalue weighted by Gasteiger charge is -2.15. The average Bonchev–Trinajstić information content (AvgIpc) is 3.08. The van der Waals surface area contributed by atoms with Gasteiger partial charge in [0.15, 0.2) is 0 Å². The van der Waals surface area contributed by atoms with Gasteiger partial charge in [0.25, 0.3) is 5.91 Å². The summed E-state index contributed by atoms with van der Waals surface area (Å²) in [5, 5.41) is 5.54. The van der Waals surface area contributed by atoms with Crippen molar-refractivity contribution in [3.63, 3.8) is 0 Å². The number of hydrogen-bond donors (Lipinski definition) is 2. The van der Waals surface area contributed by atoms with Crippen molar-refractivity contribution in [2.24, 2.45) is 0 Å². The molecule has 4 nitrogen and oxygen atoms in total. The average molecular weight is 384 g/mol. The number of halogens is 4. The van der Waals surface area contributed by atoms with Crippen LogP contribution in [0.25, 0.3) is 0 Å². The molecule has 1 amide bonds. The van der Waals surface area contributed by atoms with E-state index in [1.165, 1.54) is 18.3 Å². The second kappa shape index (κ2) is 7.53. The van der Waals surface area contributed by atoms with E-state index < -0.39 is 17.6 Å². The van der Waals surface area contributed by atoms with Gasteiger partial charge in [-0.3, -0.25) is 9.78 Å². The number of aromatic nitrogens is 1. The van der Waals surface area contributed by atoms with Gasteiger partial charge in [-0.25, -0.2) is 0 Å². The molecule has 0 aliphatic heterocycles. The van der Waals surface area contributed by atoms with Crippen molar-refractivity contribution < 1.29 is 18.0 Å². The maximum atomic E-state index is 13.1. The fourth-order valence-corrected chi connectivity index (χ4v) is 3.17. The molecule has 0 bridgehead atoms. The van der Waals surface area contributed by atoms with Crippen molar-refractivity contribution in [3.05, 3.63) is 52.8 Å². The van der Waals surface area contributed by atoms with Crippen LogP contribution in [0, 0.1) is 0 Å². The zero-order chi connectivity index (χ0) is 18.7. The molecule has 0 saturated heterocycles. The third-order valence-electron chi connectivity index (χ3n) is 4.25. The first-order chi connectivity index (χ1) is 12.3. The minimum atomic E-state index is -4.63. The number of alkyl halides is 3. The Labute approximate surface area is 153 Å². The fourth-order valence-electron chi connectivity index (χ4n) is 3.00. The number of rotatable bonds is 4. The van der Waals surface area contributed by atoms with Crippen LogP contribution in [0.1, 0.15) is 41.7 Å². The van der Waals surface area contributed by atoms with Crippen molar-refractivity contribution >= 4 is 28.9 Å². The molecule has 1 heterocycles. The van der Waals surface area contributed by atoms with Gasteiger partial charge in [0.1, 0.15) is 5.69 Å². The molecule has 8 heteroatoms. The summed E-state index contributed by atoms with van der Waals surface area (Å²) in [5.41, 5.74) is -0.596. The van der Waals surface area contributed by atoms with Crippen molar-refractivity contribution in [1.82, 2.24) is 4.98 Å². The number of anilines is 2. The van der Waals surface area contributed by atoms with Crippen LogP contribution in [-0.2, 0) is 6.18 Å². The van der Waals surface area contributed by atoms with Crippen LogP contribution in [0.3, 0.4) is 0 Å². The van der Waals surface area contributed by atoms with Crippen LogP contribution in [0.15, 0.2) is 36.5 Å². The second-order valence-electron chi connectivity index (χ2n) is 6.20. The third-order valence-corrected chi connectivity index (χ3v) is 4.49. The van der Waals surface area contributed by atoms with E-state index in [1.807, 2.05) is 0 Å². The van der Waals surface area contributed by atoms with E-state index in [-0.39, 0.29) is 16.4 Å². The Morgan fingerprint density at radius 3 is 2.58 bits per heavy atom. The number of nitrogens with zero attached hydrogens (tertiary/aromatic N) is 1. The number of carbonyl (C=O) groups excluding carboxylic acids is 1. The largest absolute Gasteiger partial charge is 0.418 e. The van der Waals surface area contributed by atoms with Gasteiger partial charge in [-0.2, -0.15) is 13.2 Å². The summed E-state index contributed by atoms with van der Waals surface area (Å²) < 4.78 is 39.4. The lowest BCUT2D eigenvalue weighted by Crippen LogP contribution is -2.19. The van der Waals surface area contributed by atoms with E-state index in [4.69, 9.17) is 11.6 Å². The maximum absolute atomic E-state index is 13.1. The number of benzene rings is 1. The summed E-state index contributed by atoms with van der Waals surface area (Å²) in [6, 6.07) is 6.82. The molecular weight excluding hydrogens is 367 g/mol. The van der Waals surface area contributed by atoms with E-state index >= 15 is 0 Å². The highest BCUT2D eigenvalue weighted by molar-refractivity contribution is 6.30. The Bertz CT molecular complexity index is 805. The zero-order valence-corrected chi connectivity index (χ0v) is 14.5. The van der Waals surface area contributed by atoms with Crippen LogP contribution in [0.4, 0.5) is 24.5 Å². The van der Waals surface area contributed by atoms with Crippen LogP contribution in [-0.4, -0.2) is 16.9 Å². The topological polar surface area (TPSA) is 54.0 Å². The molecular formula is C18H17ClF3N3O. The van der Waals surface area contributed by atoms with Gasteiger partial charge in [0.05, 0.1) is 11.3 Å². The summed E-state index contributed by atoms with van der Waals surface area (Å²) >= 11 is 5.64. The van der Waals surface area contributed by atoms with Gasteiger partial charge in [-0.1, -0.05) is 24.4 Å². The molecule has 1 fully saturated rings. The van der Waals surface area contributed by atoms with Crippen molar-refractivity contribution in [3.8, 4) is 0 Å². The predicted molar refractivity (Wildman–Crippen MR) is 94.5 cm³/mol. The summed E-state index contributed by atoms with van der Waals surface area (Å²) in [5.74, 6) is -0.715. The normalized spacial score (nSPS) is 15.1. The van der Waals surface area contributed by atoms with Gasteiger partial charge >= 0.3 is 6.18 Å². The minimum Gasteiger partial charge on any atom is -0.382 e. The SMILES string of the molecule is O=C(Nc1ccc(Cl)cc1C(F)(F)F)c1cc(NC2CCCC2)ccn1. The van der Waals surface area contributed by atoms with Gasteiger partial charge in [0.2, 0.25) is 0 Å². The number of hydrogen-bond acceptors (Lipinski definition) is 3. The van der Waals surface area contributed by atoms with Crippen LogP contribution >= 0.6 is 11.6 Å². The van der Waals surface area contributed by atoms with E-state index in [9.17, 15) is 18.0 Å². The maximum Gasteiger partial charge on any atom is 0.418 e. The van der Waals surface area contributed by atoms with Gasteiger partial charge in [-0.15, -0.1) is 0 Å². The molecule has 1 aliphatic carbocycles. The van der Waals surface area contributed by atoms with Gasteiger partial charge in [0, 0.05) is 22.9 Å². The molecule has 138 valence electrons. The van der Waals surface area contributed by atoms with Crippen LogP contribution in [0.2, 0.25) is 5.02 Å². The number of pyridine rings is 1. The summed E-state index contributed by atoms with van der Waals surface area (Å²) in [7, 11) is 0. The Morgan fingerprint density at radius 2 is 1.88 bits per heavy atom. The Hall–Kier alpha value is -2.28. The minimum absolute atomic E-state index is 0.0380. The highest BCUT2D eigenvalue weighted by Crippen LogP contribution is 2.36. The Balaban J connectivity index is 1.78. The highest BCUT2D eigenvalue weighted by atomic mass is 35.5. The van der Waals surface area contributed by atoms with Gasteiger partial charge < -0.3 is 10.6 Å². The monoisotopic (exact) mass is 383 g/mol. The molecule has 0 unspecified atom stereocenters. The standard InChI is InChI=1S/C18H17ClF3N3O/c19-11-5-6-15(14(9-11)18(20,21)22)25-17(26)16-10-13(7-8-23-16)24-12-3-1-2-4-12/h5-10,12H,1-4H2,(H,23,24)(H,25,26). The molecule has 26 heavy (non-hydrogen) atoms. The fraction of sp³-hybridized carbons (Fsp3) is 0.333. The quantitative estimate of drug-likeness (QED) is 0.747. The molecule has 1 aromatic heterocycles. The lowest BCUT2D eigenvalue weighted by atomic mass is 10.1. The summed E-state index contributed by atoms with van der Waals surface area (Å²) in [6.07, 6.45) is 1.26. The van der Waals surface area contributed by atoms with Crippen molar-refractivity contribution in [2.75, 3.05) is 10.6 Å². The molecule has 3 rings (SSSR count). The molecule has 1 aromatic carbocycles. The van der Waals surface area contributed by atoms with Crippen molar-refractivity contribution in [2.45, 2.75) is 37.9 Å². The first-order valence-corrected chi connectivity index (χ1v) is 8.61. The Kier molecular flexibility index (Phi) is 5.36. The summed E-state index contributed by atoms with van der Waals surface area (Å²) in [4.78, 5) is 16.3. The van der Waals surface area contributed by atoms with Gasteiger partial charge in [-0.05, 0) is 43.2 Å². The molecule has 1 aliphatic rings. The highest BCUT2D eigenvalue weighted by Gasteiger charge is 2.34. The molecule has 2 N–H and O–H groups in total.